The summed E-state index contributed by atoms with van der Waals surface area (Å²) in [6, 6.07) is 3.27. The lowest BCUT2D eigenvalue weighted by atomic mass is 10.5. The molecule has 0 aliphatic rings. The molecule has 0 bridgehead atoms. The Morgan fingerprint density at radius 3 is 2.81 bits per heavy atom. The standard InChI is InChI=1S/C8H9BrN2O4S/c9-6-2-1-4-10-8(6)11-16(14,15)5-3-7(12)13/h1-2,4H,3,5H2,(H,10,11)(H,12,13). The van der Waals surface area contributed by atoms with Crippen LogP contribution in [0.1, 0.15) is 6.42 Å². The van der Waals surface area contributed by atoms with Crippen LogP contribution in [0.5, 0.6) is 0 Å². The van der Waals surface area contributed by atoms with E-state index in [9.17, 15) is 13.2 Å². The first-order valence-corrected chi connectivity index (χ1v) is 6.68. The van der Waals surface area contributed by atoms with E-state index in [2.05, 4.69) is 25.6 Å². The largest absolute Gasteiger partial charge is 0.481 e. The number of rotatable bonds is 5. The summed E-state index contributed by atoms with van der Waals surface area (Å²) in [6.45, 7) is 0. The summed E-state index contributed by atoms with van der Waals surface area (Å²) in [4.78, 5) is 14.1. The Labute approximate surface area is 101 Å². The van der Waals surface area contributed by atoms with Gasteiger partial charge < -0.3 is 5.11 Å². The van der Waals surface area contributed by atoms with E-state index in [1.807, 2.05) is 0 Å². The van der Waals surface area contributed by atoms with Crippen LogP contribution >= 0.6 is 15.9 Å². The predicted molar refractivity (Wildman–Crippen MR) is 61.6 cm³/mol. The number of aromatic nitrogens is 1. The minimum Gasteiger partial charge on any atom is -0.481 e. The molecule has 0 saturated heterocycles. The third-order valence-corrected chi connectivity index (χ3v) is 3.48. The molecule has 8 heteroatoms. The summed E-state index contributed by atoms with van der Waals surface area (Å²) in [5, 5.41) is 8.38. The van der Waals surface area contributed by atoms with Crippen molar-refractivity contribution >= 4 is 37.7 Å². The molecule has 0 spiro atoms. The van der Waals surface area contributed by atoms with E-state index in [0.29, 0.717) is 4.47 Å². The molecule has 1 rings (SSSR count). The molecule has 1 aromatic heterocycles. The molecule has 0 fully saturated rings. The van der Waals surface area contributed by atoms with Gasteiger partial charge in [-0.1, -0.05) is 0 Å². The second kappa shape index (κ2) is 5.26. The number of hydrogen-bond acceptors (Lipinski definition) is 4. The minimum atomic E-state index is -3.68. The Balaban J connectivity index is 2.73. The third-order valence-electron chi connectivity index (χ3n) is 1.60. The predicted octanol–water partition coefficient (Wildman–Crippen LogP) is 1.06. The van der Waals surface area contributed by atoms with E-state index in [1.54, 1.807) is 12.1 Å². The zero-order chi connectivity index (χ0) is 12.2. The number of anilines is 1. The molecule has 6 nitrogen and oxygen atoms in total. The zero-order valence-corrected chi connectivity index (χ0v) is 10.5. The Hall–Kier alpha value is -1.15. The third kappa shape index (κ3) is 4.15. The van der Waals surface area contributed by atoms with Gasteiger partial charge in [0, 0.05) is 6.20 Å². The van der Waals surface area contributed by atoms with Crippen molar-refractivity contribution in [2.24, 2.45) is 0 Å². The van der Waals surface area contributed by atoms with Crippen LogP contribution in [-0.4, -0.2) is 30.2 Å². The highest BCUT2D eigenvalue weighted by Crippen LogP contribution is 2.19. The first-order chi connectivity index (χ1) is 7.41. The van der Waals surface area contributed by atoms with E-state index in [-0.39, 0.29) is 5.82 Å². The summed E-state index contributed by atoms with van der Waals surface area (Å²) < 4.78 is 25.5. The van der Waals surface area contributed by atoms with Crippen molar-refractivity contribution in [1.82, 2.24) is 4.98 Å². The molecule has 2 N–H and O–H groups in total. The smallest absolute Gasteiger partial charge is 0.304 e. The number of hydrogen-bond donors (Lipinski definition) is 2. The molecular formula is C8H9BrN2O4S. The van der Waals surface area contributed by atoms with Crippen LogP contribution in [0.3, 0.4) is 0 Å². The number of nitrogens with zero attached hydrogens (tertiary/aromatic N) is 1. The lowest BCUT2D eigenvalue weighted by Crippen LogP contribution is -2.19. The number of sulfonamides is 1. The highest BCUT2D eigenvalue weighted by molar-refractivity contribution is 9.10. The van der Waals surface area contributed by atoms with Crippen molar-refractivity contribution in [3.63, 3.8) is 0 Å². The van der Waals surface area contributed by atoms with Gasteiger partial charge in [-0.05, 0) is 28.1 Å². The summed E-state index contributed by atoms with van der Waals surface area (Å²) in [7, 11) is -3.68. The molecule has 1 heterocycles. The van der Waals surface area contributed by atoms with Gasteiger partial charge in [0.2, 0.25) is 10.0 Å². The van der Waals surface area contributed by atoms with Crippen LogP contribution in [0.15, 0.2) is 22.8 Å². The zero-order valence-electron chi connectivity index (χ0n) is 8.05. The van der Waals surface area contributed by atoms with Gasteiger partial charge in [-0.2, -0.15) is 0 Å². The SMILES string of the molecule is O=C(O)CCS(=O)(=O)Nc1ncccc1Br. The van der Waals surface area contributed by atoms with Crippen molar-refractivity contribution in [3.8, 4) is 0 Å². The normalized spacial score (nSPS) is 11.1. The van der Waals surface area contributed by atoms with E-state index in [0.717, 1.165) is 0 Å². The number of aliphatic carboxylic acids is 1. The molecule has 16 heavy (non-hydrogen) atoms. The number of carbonyl (C=O) groups is 1. The Morgan fingerprint density at radius 2 is 2.25 bits per heavy atom. The first-order valence-electron chi connectivity index (χ1n) is 4.23. The quantitative estimate of drug-likeness (QED) is 0.848. The second-order valence-electron chi connectivity index (χ2n) is 2.90. The molecular weight excluding hydrogens is 300 g/mol. The van der Waals surface area contributed by atoms with E-state index in [4.69, 9.17) is 5.11 Å². The van der Waals surface area contributed by atoms with Gasteiger partial charge in [-0.25, -0.2) is 13.4 Å². The highest BCUT2D eigenvalue weighted by atomic mass is 79.9. The lowest BCUT2D eigenvalue weighted by molar-refractivity contribution is -0.136. The fourth-order valence-electron chi connectivity index (χ4n) is 0.881. The molecule has 0 aliphatic carbocycles. The first kappa shape index (κ1) is 12.9. The maximum atomic E-state index is 11.4. The number of pyridine rings is 1. The van der Waals surface area contributed by atoms with Crippen molar-refractivity contribution in [3.05, 3.63) is 22.8 Å². The Bertz CT molecular complexity index is 489. The molecule has 0 saturated carbocycles. The fourth-order valence-corrected chi connectivity index (χ4v) is 2.37. The van der Waals surface area contributed by atoms with E-state index >= 15 is 0 Å². The molecule has 0 radical (unpaired) electrons. The molecule has 88 valence electrons. The van der Waals surface area contributed by atoms with Gasteiger partial charge in [0.25, 0.3) is 0 Å². The second-order valence-corrected chi connectivity index (χ2v) is 5.59. The Morgan fingerprint density at radius 1 is 1.56 bits per heavy atom. The molecule has 1 aromatic rings. The average molecular weight is 309 g/mol. The number of halogens is 1. The van der Waals surface area contributed by atoms with Gasteiger partial charge in [0.15, 0.2) is 5.82 Å². The summed E-state index contributed by atoms with van der Waals surface area (Å²) in [5.74, 6) is -1.50. The summed E-state index contributed by atoms with van der Waals surface area (Å²) in [6.07, 6.45) is 0.986. The van der Waals surface area contributed by atoms with Crippen LogP contribution in [0, 0.1) is 0 Å². The van der Waals surface area contributed by atoms with Crippen LogP contribution in [0.25, 0.3) is 0 Å². The minimum absolute atomic E-state index is 0.146. The average Bonchev–Trinajstić information content (AvgIpc) is 2.19. The topological polar surface area (TPSA) is 96.4 Å². The fraction of sp³-hybridized carbons (Fsp3) is 0.250. The van der Waals surface area contributed by atoms with Gasteiger partial charge in [0.1, 0.15) is 0 Å². The molecule has 0 atom stereocenters. The van der Waals surface area contributed by atoms with Crippen LogP contribution in [0.2, 0.25) is 0 Å². The van der Waals surface area contributed by atoms with Gasteiger partial charge in [-0.3, -0.25) is 9.52 Å². The Kier molecular flexibility index (Phi) is 4.25. The monoisotopic (exact) mass is 308 g/mol. The summed E-state index contributed by atoms with van der Waals surface area (Å²) >= 11 is 3.12. The summed E-state index contributed by atoms with van der Waals surface area (Å²) in [5.41, 5.74) is 0. The number of nitrogens with one attached hydrogen (secondary N) is 1. The van der Waals surface area contributed by atoms with Crippen LogP contribution in [-0.2, 0) is 14.8 Å². The maximum absolute atomic E-state index is 11.4. The maximum Gasteiger partial charge on any atom is 0.304 e. The van der Waals surface area contributed by atoms with Crippen molar-refractivity contribution in [1.29, 1.82) is 0 Å². The molecule has 0 unspecified atom stereocenters. The van der Waals surface area contributed by atoms with Gasteiger partial charge >= 0.3 is 5.97 Å². The molecule has 0 aromatic carbocycles. The molecule has 0 amide bonds. The van der Waals surface area contributed by atoms with Gasteiger partial charge in [-0.15, -0.1) is 0 Å². The lowest BCUT2D eigenvalue weighted by Gasteiger charge is -2.07. The number of carboxylic acid groups (broad SMARTS) is 1. The van der Waals surface area contributed by atoms with E-state index < -0.39 is 28.2 Å². The van der Waals surface area contributed by atoms with Crippen LogP contribution in [0.4, 0.5) is 5.82 Å². The van der Waals surface area contributed by atoms with Gasteiger partial charge in [0.05, 0.1) is 16.6 Å². The number of carboxylic acids is 1. The van der Waals surface area contributed by atoms with Crippen molar-refractivity contribution in [2.75, 3.05) is 10.5 Å². The van der Waals surface area contributed by atoms with Crippen molar-refractivity contribution in [2.45, 2.75) is 6.42 Å². The van der Waals surface area contributed by atoms with Crippen molar-refractivity contribution < 1.29 is 18.3 Å². The highest BCUT2D eigenvalue weighted by Gasteiger charge is 2.14. The molecule has 0 aliphatic heterocycles. The van der Waals surface area contributed by atoms with E-state index in [1.165, 1.54) is 6.20 Å². The van der Waals surface area contributed by atoms with Crippen LogP contribution < -0.4 is 4.72 Å².